The summed E-state index contributed by atoms with van der Waals surface area (Å²) in [6.07, 6.45) is -0.711. The average molecular weight is 504 g/mol. The molecule has 0 spiro atoms. The fourth-order valence-corrected chi connectivity index (χ4v) is 2.65. The van der Waals surface area contributed by atoms with Crippen LogP contribution < -0.4 is 9.47 Å². The summed E-state index contributed by atoms with van der Waals surface area (Å²) >= 11 is 0. The zero-order valence-corrected chi connectivity index (χ0v) is 21.6. The smallest absolute Gasteiger partial charge is 0.453 e. The molecule has 0 heterocycles. The summed E-state index contributed by atoms with van der Waals surface area (Å²) in [5.74, 6) is 0.701. The van der Waals surface area contributed by atoms with Crippen molar-refractivity contribution in [3.05, 3.63) is 60.7 Å². The van der Waals surface area contributed by atoms with Crippen LogP contribution in [0.15, 0.2) is 48.5 Å². The second-order valence-electron chi connectivity index (χ2n) is 7.19. The van der Waals surface area contributed by atoms with Crippen LogP contribution in [0.3, 0.4) is 0 Å². The van der Waals surface area contributed by atoms with Crippen molar-refractivity contribution in [3.8, 4) is 11.5 Å². The fraction of sp³-hybridized carbons (Fsp3) is 0.391. The van der Waals surface area contributed by atoms with E-state index in [-0.39, 0.29) is 50.7 Å². The van der Waals surface area contributed by atoms with Gasteiger partial charge in [0.25, 0.3) is 0 Å². The molecule has 0 amide bonds. The summed E-state index contributed by atoms with van der Waals surface area (Å²) in [5, 5.41) is 0. The van der Waals surface area contributed by atoms with Gasteiger partial charge in [-0.2, -0.15) is 36.4 Å². The van der Waals surface area contributed by atoms with Crippen LogP contribution in [0.1, 0.15) is 13.8 Å². The summed E-state index contributed by atoms with van der Waals surface area (Å²) in [6.45, 7) is 4.85. The molecule has 7 nitrogen and oxygen atoms in total. The molecule has 2 rings (SSSR count). The third kappa shape index (κ3) is 14.0. The van der Waals surface area contributed by atoms with Gasteiger partial charge in [-0.25, -0.2) is 4.79 Å². The largest absolute Gasteiger partial charge is 0.511 e. The fourth-order valence-electron chi connectivity index (χ4n) is 2.65. The predicted octanol–water partition coefficient (Wildman–Crippen LogP) is 3.63. The predicted molar refractivity (Wildman–Crippen MR) is 112 cm³/mol. The maximum absolute atomic E-state index is 11.6. The minimum Gasteiger partial charge on any atom is -0.453 e. The molecule has 0 bridgehead atoms. The van der Waals surface area contributed by atoms with Crippen LogP contribution in [0.2, 0.25) is 0 Å². The molecule has 2 aromatic rings. The molecule has 167 valence electrons. The molecule has 0 aromatic heterocycles. The Balaban J connectivity index is 0.000000688. The molecule has 0 aliphatic rings. The third-order valence-electron chi connectivity index (χ3n) is 3.57. The van der Waals surface area contributed by atoms with Crippen molar-refractivity contribution in [2.24, 2.45) is 5.41 Å². The van der Waals surface area contributed by atoms with Gasteiger partial charge in [-0.3, -0.25) is 4.79 Å². The average Bonchev–Trinajstić information content (AvgIpc) is 2.68. The molecule has 1 radical (unpaired) electrons. The first-order valence-corrected chi connectivity index (χ1v) is 9.33. The van der Waals surface area contributed by atoms with Gasteiger partial charge in [-0.15, -0.1) is 24.3 Å². The number of carbonyl (C=O) groups is 2. The molecule has 31 heavy (non-hydrogen) atoms. The summed E-state index contributed by atoms with van der Waals surface area (Å²) < 4.78 is 20.2. The number of carbonyl (C=O) groups excluding carboxylic acids is 2. The molecule has 2 aromatic carbocycles. The van der Waals surface area contributed by atoms with Gasteiger partial charge < -0.3 is 23.8 Å². The van der Waals surface area contributed by atoms with E-state index in [0.29, 0.717) is 18.1 Å². The van der Waals surface area contributed by atoms with Crippen molar-refractivity contribution in [1.29, 1.82) is 0 Å². The summed E-state index contributed by atoms with van der Waals surface area (Å²) in [5.41, 5.74) is -0.276. The van der Waals surface area contributed by atoms with Crippen molar-refractivity contribution in [2.75, 3.05) is 41.0 Å². The molecule has 0 saturated carbocycles. The van der Waals surface area contributed by atoms with E-state index in [1.807, 2.05) is 25.9 Å². The van der Waals surface area contributed by atoms with Crippen LogP contribution in [-0.2, 0) is 47.0 Å². The molecule has 0 fully saturated rings. The number of ether oxygens (including phenoxy) is 4. The van der Waals surface area contributed by atoms with Gasteiger partial charge in [0.05, 0.1) is 6.61 Å². The Morgan fingerprint density at radius 1 is 0.935 bits per heavy atom. The van der Waals surface area contributed by atoms with Gasteiger partial charge in [0.15, 0.2) is 0 Å². The van der Waals surface area contributed by atoms with Crippen molar-refractivity contribution >= 4 is 12.1 Å². The maximum Gasteiger partial charge on any atom is 0.511 e. The van der Waals surface area contributed by atoms with Gasteiger partial charge >= 0.3 is 12.1 Å². The van der Waals surface area contributed by atoms with Crippen LogP contribution in [0.25, 0.3) is 0 Å². The van der Waals surface area contributed by atoms with Gasteiger partial charge in [-0.05, 0) is 14.1 Å². The number of methoxy groups -OCH3 is 1. The molecule has 1 atom stereocenters. The topological polar surface area (TPSA) is 74.3 Å². The van der Waals surface area contributed by atoms with Crippen molar-refractivity contribution in [1.82, 2.24) is 4.90 Å². The second kappa shape index (κ2) is 15.9. The molecule has 8 heteroatoms. The van der Waals surface area contributed by atoms with Crippen LogP contribution in [0.5, 0.6) is 11.5 Å². The Kier molecular flexibility index (Phi) is 15.0. The number of hydrogen-bond donors (Lipinski definition) is 0. The van der Waals surface area contributed by atoms with E-state index in [9.17, 15) is 9.59 Å². The SMILES string of the molecule is CC(=O)Oc1cc[c-]cc1.COCC(C)(COC(=O)Oc1cc[c-]cc1)CN(C)C.[Y]. The second-order valence-corrected chi connectivity index (χ2v) is 7.19. The molecule has 0 aliphatic carbocycles. The molecule has 0 saturated heterocycles. The Morgan fingerprint density at radius 2 is 1.42 bits per heavy atom. The molecule has 0 aliphatic heterocycles. The third-order valence-corrected chi connectivity index (χ3v) is 3.57. The van der Waals surface area contributed by atoms with E-state index >= 15 is 0 Å². The van der Waals surface area contributed by atoms with Crippen LogP contribution in [0, 0.1) is 17.5 Å². The van der Waals surface area contributed by atoms with E-state index in [2.05, 4.69) is 12.1 Å². The van der Waals surface area contributed by atoms with Crippen LogP contribution in [-0.4, -0.2) is 58.0 Å². The molecular formula is C23H29NO6Y-2. The Morgan fingerprint density at radius 3 is 1.84 bits per heavy atom. The Bertz CT molecular complexity index is 757. The van der Waals surface area contributed by atoms with Crippen LogP contribution in [0.4, 0.5) is 4.79 Å². The standard InChI is InChI=1S/C15H22NO4.C8H7O2.Y/c1-15(11-18-4,10-16(2)3)12-19-14(17)20-13-8-6-5-7-9-13;1-7(9)10-8-5-3-2-4-6-8;/h6-9H,10-12H2,1-4H3;3-6H,1H3;/q2*-1;. The molecule has 1 unspecified atom stereocenters. The summed E-state index contributed by atoms with van der Waals surface area (Å²) in [4.78, 5) is 24.0. The van der Waals surface area contributed by atoms with E-state index in [1.165, 1.54) is 6.92 Å². The van der Waals surface area contributed by atoms with E-state index in [0.717, 1.165) is 6.54 Å². The van der Waals surface area contributed by atoms with Gasteiger partial charge in [0.2, 0.25) is 0 Å². The number of benzene rings is 2. The van der Waals surface area contributed by atoms with E-state index < -0.39 is 6.16 Å². The number of rotatable bonds is 8. The van der Waals surface area contributed by atoms with Gasteiger partial charge in [0, 0.05) is 70.2 Å². The summed E-state index contributed by atoms with van der Waals surface area (Å²) in [7, 11) is 5.56. The van der Waals surface area contributed by atoms with Crippen molar-refractivity contribution in [3.63, 3.8) is 0 Å². The monoisotopic (exact) mass is 504 g/mol. The maximum atomic E-state index is 11.6. The van der Waals surface area contributed by atoms with Crippen molar-refractivity contribution < 1.29 is 61.2 Å². The number of hydrogen-bond acceptors (Lipinski definition) is 7. The first kappa shape index (κ1) is 29.2. The van der Waals surface area contributed by atoms with Crippen LogP contribution >= 0.6 is 0 Å². The first-order chi connectivity index (χ1) is 14.2. The molecule has 0 N–H and O–H groups in total. The summed E-state index contributed by atoms with van der Waals surface area (Å²) in [6, 6.07) is 19.0. The molecular weight excluding hydrogens is 475 g/mol. The zero-order valence-electron chi connectivity index (χ0n) is 18.7. The van der Waals surface area contributed by atoms with Gasteiger partial charge in [-0.1, -0.05) is 6.92 Å². The van der Waals surface area contributed by atoms with E-state index in [1.54, 1.807) is 55.6 Å². The number of nitrogens with zero attached hydrogens (tertiary/aromatic N) is 1. The normalized spacial score (nSPS) is 11.8. The van der Waals surface area contributed by atoms with Gasteiger partial charge in [0.1, 0.15) is 6.61 Å². The van der Waals surface area contributed by atoms with E-state index in [4.69, 9.17) is 18.9 Å². The minimum atomic E-state index is -0.711. The number of esters is 1. The first-order valence-electron chi connectivity index (χ1n) is 9.33. The Labute approximate surface area is 209 Å². The Hall–Kier alpha value is -1.80. The quantitative estimate of drug-likeness (QED) is 0.235. The van der Waals surface area contributed by atoms with Crippen molar-refractivity contribution in [2.45, 2.75) is 13.8 Å². The minimum absolute atomic E-state index is 0. The zero-order chi connectivity index (χ0) is 22.4.